The summed E-state index contributed by atoms with van der Waals surface area (Å²) in [6.45, 7) is 0.427. The highest BCUT2D eigenvalue weighted by atomic mass is 19.1. The molecular formula is C19H15FN4O3. The molecule has 1 N–H and O–H groups in total. The van der Waals surface area contributed by atoms with Crippen LogP contribution in [0, 0.1) is 5.82 Å². The molecule has 7 nitrogen and oxygen atoms in total. The van der Waals surface area contributed by atoms with Gasteiger partial charge in [0, 0.05) is 24.2 Å². The number of rotatable bonds is 4. The molecule has 136 valence electrons. The smallest absolute Gasteiger partial charge is 0.322 e. The Morgan fingerprint density at radius 1 is 1.11 bits per heavy atom. The van der Waals surface area contributed by atoms with Crippen molar-refractivity contribution in [1.29, 1.82) is 0 Å². The highest BCUT2D eigenvalue weighted by molar-refractivity contribution is 6.03. The third kappa shape index (κ3) is 3.55. The van der Waals surface area contributed by atoms with Gasteiger partial charge in [-0.15, -0.1) is 5.10 Å². The summed E-state index contributed by atoms with van der Waals surface area (Å²) >= 11 is 0. The molecule has 0 bridgehead atoms. The first kappa shape index (κ1) is 16.9. The lowest BCUT2D eigenvalue weighted by Gasteiger charge is -2.15. The van der Waals surface area contributed by atoms with E-state index < -0.39 is 11.7 Å². The van der Waals surface area contributed by atoms with Gasteiger partial charge in [-0.25, -0.2) is 4.39 Å². The SMILES string of the molecule is O=C(Nc1nnc([C@@H]2CC(=O)N(c3ccccc3)C2)o1)c1ccc(F)cc1. The first-order valence-electron chi connectivity index (χ1n) is 8.36. The number of benzene rings is 2. The predicted molar refractivity (Wildman–Crippen MR) is 94.8 cm³/mol. The van der Waals surface area contributed by atoms with Crippen molar-refractivity contribution < 1.29 is 18.4 Å². The molecule has 3 aromatic rings. The van der Waals surface area contributed by atoms with Crippen LogP contribution in [-0.2, 0) is 4.79 Å². The van der Waals surface area contributed by atoms with E-state index in [-0.39, 0.29) is 35.7 Å². The minimum absolute atomic E-state index is 0.0266. The monoisotopic (exact) mass is 366 g/mol. The normalized spacial score (nSPS) is 16.6. The van der Waals surface area contributed by atoms with E-state index >= 15 is 0 Å². The molecule has 2 heterocycles. The number of carbonyl (C=O) groups is 2. The van der Waals surface area contributed by atoms with Gasteiger partial charge >= 0.3 is 6.01 Å². The van der Waals surface area contributed by atoms with Gasteiger partial charge in [0.15, 0.2) is 0 Å². The fraction of sp³-hybridized carbons (Fsp3) is 0.158. The third-order valence-electron chi connectivity index (χ3n) is 4.31. The van der Waals surface area contributed by atoms with Crippen molar-refractivity contribution in [1.82, 2.24) is 10.2 Å². The second-order valence-electron chi connectivity index (χ2n) is 6.15. The lowest BCUT2D eigenvalue weighted by atomic mass is 10.1. The molecule has 1 aliphatic rings. The van der Waals surface area contributed by atoms with Crippen LogP contribution < -0.4 is 10.2 Å². The maximum Gasteiger partial charge on any atom is 0.322 e. The first-order valence-corrected chi connectivity index (χ1v) is 8.36. The lowest BCUT2D eigenvalue weighted by molar-refractivity contribution is -0.117. The number of hydrogen-bond acceptors (Lipinski definition) is 5. The molecule has 1 atom stereocenters. The van der Waals surface area contributed by atoms with Gasteiger partial charge in [0.05, 0.1) is 5.92 Å². The minimum Gasteiger partial charge on any atom is -0.407 e. The topological polar surface area (TPSA) is 88.3 Å². The Morgan fingerprint density at radius 3 is 2.59 bits per heavy atom. The second-order valence-corrected chi connectivity index (χ2v) is 6.15. The summed E-state index contributed by atoms with van der Waals surface area (Å²) in [6, 6.07) is 14.4. The van der Waals surface area contributed by atoms with Crippen molar-refractivity contribution in [2.75, 3.05) is 16.8 Å². The van der Waals surface area contributed by atoms with Crippen LogP contribution in [0.1, 0.15) is 28.6 Å². The molecule has 1 fully saturated rings. The average Bonchev–Trinajstić information content (AvgIpc) is 3.29. The first-order chi connectivity index (χ1) is 13.1. The molecule has 0 unspecified atom stereocenters. The standard InChI is InChI=1S/C19H15FN4O3/c20-14-8-6-12(7-9-14)17(26)21-19-23-22-18(27-19)13-10-16(25)24(11-13)15-4-2-1-3-5-15/h1-9,13H,10-11H2,(H,21,23,26)/t13-/m1/s1. The molecule has 0 spiro atoms. The molecule has 2 aromatic carbocycles. The van der Waals surface area contributed by atoms with Crippen molar-refractivity contribution in [3.63, 3.8) is 0 Å². The number of nitrogens with one attached hydrogen (secondary N) is 1. The largest absolute Gasteiger partial charge is 0.407 e. The Morgan fingerprint density at radius 2 is 1.85 bits per heavy atom. The van der Waals surface area contributed by atoms with Crippen LogP contribution in [0.25, 0.3) is 0 Å². The van der Waals surface area contributed by atoms with Crippen LogP contribution in [-0.4, -0.2) is 28.6 Å². The van der Waals surface area contributed by atoms with E-state index in [0.717, 1.165) is 5.69 Å². The van der Waals surface area contributed by atoms with E-state index in [1.54, 1.807) is 4.90 Å². The number of anilines is 2. The van der Waals surface area contributed by atoms with Crippen LogP contribution in [0.3, 0.4) is 0 Å². The third-order valence-corrected chi connectivity index (χ3v) is 4.31. The average molecular weight is 366 g/mol. The number of para-hydroxylation sites is 1. The van der Waals surface area contributed by atoms with Gasteiger partial charge < -0.3 is 9.32 Å². The molecule has 27 heavy (non-hydrogen) atoms. The molecule has 2 amide bonds. The van der Waals surface area contributed by atoms with Gasteiger partial charge in [0.2, 0.25) is 11.8 Å². The Bertz CT molecular complexity index is 972. The van der Waals surface area contributed by atoms with Crippen molar-refractivity contribution >= 4 is 23.5 Å². The Kier molecular flexibility index (Phi) is 4.37. The van der Waals surface area contributed by atoms with E-state index in [1.807, 2.05) is 30.3 Å². The molecule has 4 rings (SSSR count). The molecule has 1 aliphatic heterocycles. The number of carbonyl (C=O) groups excluding carboxylic acids is 2. The molecule has 1 aromatic heterocycles. The van der Waals surface area contributed by atoms with Crippen LogP contribution in [0.15, 0.2) is 59.0 Å². The maximum absolute atomic E-state index is 12.9. The number of aromatic nitrogens is 2. The number of hydrogen-bond donors (Lipinski definition) is 1. The minimum atomic E-state index is -0.487. The Hall–Kier alpha value is -3.55. The van der Waals surface area contributed by atoms with E-state index in [2.05, 4.69) is 15.5 Å². The van der Waals surface area contributed by atoms with Crippen molar-refractivity contribution in [2.24, 2.45) is 0 Å². The van der Waals surface area contributed by atoms with E-state index in [0.29, 0.717) is 6.54 Å². The highest BCUT2D eigenvalue weighted by Gasteiger charge is 2.35. The van der Waals surface area contributed by atoms with Crippen LogP contribution in [0.5, 0.6) is 0 Å². The molecule has 1 saturated heterocycles. The zero-order valence-corrected chi connectivity index (χ0v) is 14.1. The zero-order valence-electron chi connectivity index (χ0n) is 14.1. The van der Waals surface area contributed by atoms with Gasteiger partial charge in [-0.3, -0.25) is 14.9 Å². The number of amides is 2. The molecular weight excluding hydrogens is 351 g/mol. The van der Waals surface area contributed by atoms with Crippen molar-refractivity contribution in [2.45, 2.75) is 12.3 Å². The van der Waals surface area contributed by atoms with Gasteiger partial charge in [0.25, 0.3) is 5.91 Å². The molecule has 0 aliphatic carbocycles. The van der Waals surface area contributed by atoms with E-state index in [1.165, 1.54) is 24.3 Å². The Labute approximate surface area is 153 Å². The lowest BCUT2D eigenvalue weighted by Crippen LogP contribution is -2.24. The summed E-state index contributed by atoms with van der Waals surface area (Å²) in [6.07, 6.45) is 0.252. The van der Waals surface area contributed by atoms with Gasteiger partial charge in [-0.2, -0.15) is 0 Å². The van der Waals surface area contributed by atoms with E-state index in [9.17, 15) is 14.0 Å². The molecule has 0 saturated carbocycles. The van der Waals surface area contributed by atoms with E-state index in [4.69, 9.17) is 4.42 Å². The fourth-order valence-corrected chi connectivity index (χ4v) is 2.95. The number of halogens is 1. The summed E-state index contributed by atoms with van der Waals surface area (Å²) in [7, 11) is 0. The summed E-state index contributed by atoms with van der Waals surface area (Å²) in [5, 5.41) is 10.2. The number of nitrogens with zero attached hydrogens (tertiary/aromatic N) is 3. The summed E-state index contributed by atoms with van der Waals surface area (Å²) in [5.74, 6) is -0.904. The van der Waals surface area contributed by atoms with Crippen LogP contribution >= 0.6 is 0 Å². The highest BCUT2D eigenvalue weighted by Crippen LogP contribution is 2.31. The van der Waals surface area contributed by atoms with Gasteiger partial charge in [-0.05, 0) is 36.4 Å². The second kappa shape index (κ2) is 6.99. The van der Waals surface area contributed by atoms with Crippen molar-refractivity contribution in [3.05, 3.63) is 71.9 Å². The summed E-state index contributed by atoms with van der Waals surface area (Å²) < 4.78 is 18.4. The maximum atomic E-state index is 12.9. The van der Waals surface area contributed by atoms with Crippen molar-refractivity contribution in [3.8, 4) is 0 Å². The molecule has 8 heteroatoms. The fourth-order valence-electron chi connectivity index (χ4n) is 2.95. The van der Waals surface area contributed by atoms with Crippen LogP contribution in [0.2, 0.25) is 0 Å². The Balaban J connectivity index is 1.44. The summed E-state index contributed by atoms with van der Waals surface area (Å²) in [5.41, 5.74) is 1.08. The van der Waals surface area contributed by atoms with Crippen LogP contribution in [0.4, 0.5) is 16.1 Å². The van der Waals surface area contributed by atoms with Gasteiger partial charge in [0.1, 0.15) is 5.82 Å². The predicted octanol–water partition coefficient (Wildman–Crippen LogP) is 2.98. The zero-order chi connectivity index (χ0) is 18.8. The summed E-state index contributed by atoms with van der Waals surface area (Å²) in [4.78, 5) is 26.1. The van der Waals surface area contributed by atoms with Gasteiger partial charge in [-0.1, -0.05) is 23.3 Å². The quantitative estimate of drug-likeness (QED) is 0.767. The molecule has 0 radical (unpaired) electrons.